The standard InChI is InChI=1S/C14H15N3O2/c1-17(10-13(18)19-2)12-8-9-15-14(16-12)11-6-4-3-5-7-11/h3-9H,10H2,1-2H3. The zero-order valence-electron chi connectivity index (χ0n) is 10.9. The topological polar surface area (TPSA) is 55.3 Å². The number of hydrogen-bond donors (Lipinski definition) is 0. The third-order valence-electron chi connectivity index (χ3n) is 2.66. The van der Waals surface area contributed by atoms with Crippen LogP contribution in [0, 0.1) is 0 Å². The van der Waals surface area contributed by atoms with Crippen molar-refractivity contribution in [3.63, 3.8) is 0 Å². The Balaban J connectivity index is 2.22. The molecule has 0 saturated carbocycles. The van der Waals surface area contributed by atoms with E-state index in [4.69, 9.17) is 0 Å². The van der Waals surface area contributed by atoms with Crippen LogP contribution in [-0.4, -0.2) is 36.6 Å². The van der Waals surface area contributed by atoms with Gasteiger partial charge >= 0.3 is 5.97 Å². The van der Waals surface area contributed by atoms with E-state index in [9.17, 15) is 4.79 Å². The Morgan fingerprint density at radius 3 is 2.68 bits per heavy atom. The predicted molar refractivity (Wildman–Crippen MR) is 72.8 cm³/mol. The van der Waals surface area contributed by atoms with E-state index in [0.29, 0.717) is 11.6 Å². The summed E-state index contributed by atoms with van der Waals surface area (Å²) in [6.45, 7) is 0.155. The lowest BCUT2D eigenvalue weighted by atomic mass is 10.2. The van der Waals surface area contributed by atoms with E-state index in [2.05, 4.69) is 14.7 Å². The molecule has 0 N–H and O–H groups in total. The van der Waals surface area contributed by atoms with Gasteiger partial charge in [-0.2, -0.15) is 0 Å². The Labute approximate surface area is 111 Å². The molecule has 1 aromatic heterocycles. The molecule has 0 fully saturated rings. The predicted octanol–water partition coefficient (Wildman–Crippen LogP) is 1.75. The van der Waals surface area contributed by atoms with Gasteiger partial charge in [-0.15, -0.1) is 0 Å². The fourth-order valence-electron chi connectivity index (χ4n) is 1.63. The maximum atomic E-state index is 11.2. The zero-order valence-corrected chi connectivity index (χ0v) is 10.9. The second-order valence-corrected chi connectivity index (χ2v) is 4.04. The van der Waals surface area contributed by atoms with Crippen LogP contribution in [0.5, 0.6) is 0 Å². The van der Waals surface area contributed by atoms with Gasteiger partial charge in [-0.25, -0.2) is 9.97 Å². The van der Waals surface area contributed by atoms with Crippen molar-refractivity contribution in [1.82, 2.24) is 9.97 Å². The molecule has 1 heterocycles. The monoisotopic (exact) mass is 257 g/mol. The number of likely N-dealkylation sites (N-methyl/N-ethyl adjacent to an activating group) is 1. The number of aromatic nitrogens is 2. The highest BCUT2D eigenvalue weighted by Crippen LogP contribution is 2.17. The molecule has 0 bridgehead atoms. The van der Waals surface area contributed by atoms with E-state index in [1.54, 1.807) is 24.2 Å². The molecule has 0 saturated heterocycles. The molecule has 0 atom stereocenters. The van der Waals surface area contributed by atoms with E-state index in [0.717, 1.165) is 5.56 Å². The van der Waals surface area contributed by atoms with E-state index >= 15 is 0 Å². The van der Waals surface area contributed by atoms with Gasteiger partial charge in [0.2, 0.25) is 0 Å². The average Bonchev–Trinajstić information content (AvgIpc) is 2.48. The van der Waals surface area contributed by atoms with Gasteiger partial charge in [-0.1, -0.05) is 30.3 Å². The molecule has 1 aromatic carbocycles. The van der Waals surface area contributed by atoms with Crippen LogP contribution in [0.25, 0.3) is 11.4 Å². The van der Waals surface area contributed by atoms with Gasteiger partial charge < -0.3 is 9.64 Å². The lowest BCUT2D eigenvalue weighted by Crippen LogP contribution is -2.27. The maximum Gasteiger partial charge on any atom is 0.325 e. The van der Waals surface area contributed by atoms with Crippen molar-refractivity contribution in [2.24, 2.45) is 0 Å². The van der Waals surface area contributed by atoms with Crippen LogP contribution in [0.15, 0.2) is 42.6 Å². The second-order valence-electron chi connectivity index (χ2n) is 4.04. The van der Waals surface area contributed by atoms with Crippen LogP contribution in [0.4, 0.5) is 5.82 Å². The third-order valence-corrected chi connectivity index (χ3v) is 2.66. The molecular formula is C14H15N3O2. The quantitative estimate of drug-likeness (QED) is 0.781. The molecule has 0 spiro atoms. The number of benzene rings is 1. The minimum absolute atomic E-state index is 0.155. The smallest absolute Gasteiger partial charge is 0.325 e. The number of rotatable bonds is 4. The molecule has 0 aliphatic rings. The number of ether oxygens (including phenoxy) is 1. The summed E-state index contributed by atoms with van der Waals surface area (Å²) in [5, 5.41) is 0. The average molecular weight is 257 g/mol. The first-order chi connectivity index (χ1) is 9.20. The van der Waals surface area contributed by atoms with Crippen molar-refractivity contribution in [2.75, 3.05) is 25.6 Å². The van der Waals surface area contributed by atoms with Crippen LogP contribution in [0.3, 0.4) is 0 Å². The molecule has 0 unspecified atom stereocenters. The molecule has 0 amide bonds. The summed E-state index contributed by atoms with van der Waals surface area (Å²) < 4.78 is 4.63. The molecule has 2 aromatic rings. The highest BCUT2D eigenvalue weighted by molar-refractivity contribution is 5.75. The van der Waals surface area contributed by atoms with Crippen molar-refractivity contribution >= 4 is 11.8 Å². The molecule has 0 radical (unpaired) electrons. The molecule has 98 valence electrons. The van der Waals surface area contributed by atoms with E-state index in [-0.39, 0.29) is 12.5 Å². The summed E-state index contributed by atoms with van der Waals surface area (Å²) in [6.07, 6.45) is 1.68. The highest BCUT2D eigenvalue weighted by Gasteiger charge is 2.10. The van der Waals surface area contributed by atoms with Gasteiger partial charge in [0.05, 0.1) is 7.11 Å². The first-order valence-electron chi connectivity index (χ1n) is 5.87. The number of nitrogens with zero attached hydrogens (tertiary/aromatic N) is 3. The summed E-state index contributed by atoms with van der Waals surface area (Å²) in [5.74, 6) is 1.01. The first kappa shape index (κ1) is 13.0. The first-order valence-corrected chi connectivity index (χ1v) is 5.87. The summed E-state index contributed by atoms with van der Waals surface area (Å²) in [6, 6.07) is 11.5. The van der Waals surface area contributed by atoms with Crippen molar-refractivity contribution in [1.29, 1.82) is 0 Å². The Kier molecular flexibility index (Phi) is 4.07. The summed E-state index contributed by atoms with van der Waals surface area (Å²) in [5.41, 5.74) is 0.941. The Hall–Kier alpha value is -2.43. The highest BCUT2D eigenvalue weighted by atomic mass is 16.5. The van der Waals surface area contributed by atoms with Crippen molar-refractivity contribution in [3.05, 3.63) is 42.6 Å². The molecule has 2 rings (SSSR count). The largest absolute Gasteiger partial charge is 0.468 e. The zero-order chi connectivity index (χ0) is 13.7. The van der Waals surface area contributed by atoms with Crippen LogP contribution in [0.2, 0.25) is 0 Å². The van der Waals surface area contributed by atoms with Gasteiger partial charge in [0.25, 0.3) is 0 Å². The Morgan fingerprint density at radius 1 is 1.26 bits per heavy atom. The van der Waals surface area contributed by atoms with Gasteiger partial charge in [-0.3, -0.25) is 4.79 Å². The fraction of sp³-hybridized carbons (Fsp3) is 0.214. The lowest BCUT2D eigenvalue weighted by Gasteiger charge is -2.16. The molecule has 0 aliphatic heterocycles. The van der Waals surface area contributed by atoms with Crippen LogP contribution in [-0.2, 0) is 9.53 Å². The Bertz CT molecular complexity index is 558. The second kappa shape index (κ2) is 5.95. The number of carbonyl (C=O) groups excluding carboxylic acids is 1. The third kappa shape index (κ3) is 3.28. The van der Waals surface area contributed by atoms with Gasteiger partial charge in [0, 0.05) is 18.8 Å². The molecule has 5 nitrogen and oxygen atoms in total. The number of carbonyl (C=O) groups is 1. The summed E-state index contributed by atoms with van der Waals surface area (Å²) in [7, 11) is 3.15. The van der Waals surface area contributed by atoms with E-state index < -0.39 is 0 Å². The van der Waals surface area contributed by atoms with Crippen molar-refractivity contribution < 1.29 is 9.53 Å². The molecule has 0 aliphatic carbocycles. The SMILES string of the molecule is COC(=O)CN(C)c1ccnc(-c2ccccc2)n1. The number of anilines is 1. The van der Waals surface area contributed by atoms with E-state index in [1.807, 2.05) is 30.3 Å². The number of methoxy groups -OCH3 is 1. The van der Waals surface area contributed by atoms with E-state index in [1.165, 1.54) is 7.11 Å². The molecule has 5 heteroatoms. The van der Waals surface area contributed by atoms with Gasteiger partial charge in [-0.05, 0) is 6.07 Å². The molecule has 19 heavy (non-hydrogen) atoms. The Morgan fingerprint density at radius 2 is 2.00 bits per heavy atom. The van der Waals surface area contributed by atoms with Crippen LogP contribution < -0.4 is 4.90 Å². The maximum absolute atomic E-state index is 11.2. The lowest BCUT2D eigenvalue weighted by molar-refractivity contribution is -0.138. The van der Waals surface area contributed by atoms with Crippen molar-refractivity contribution in [2.45, 2.75) is 0 Å². The number of esters is 1. The van der Waals surface area contributed by atoms with Gasteiger partial charge in [0.1, 0.15) is 12.4 Å². The summed E-state index contributed by atoms with van der Waals surface area (Å²) in [4.78, 5) is 21.6. The minimum atomic E-state index is -0.303. The number of hydrogen-bond acceptors (Lipinski definition) is 5. The van der Waals surface area contributed by atoms with Crippen molar-refractivity contribution in [3.8, 4) is 11.4 Å². The van der Waals surface area contributed by atoms with Crippen LogP contribution >= 0.6 is 0 Å². The normalized spacial score (nSPS) is 10.0. The summed E-state index contributed by atoms with van der Waals surface area (Å²) >= 11 is 0. The van der Waals surface area contributed by atoms with Crippen LogP contribution in [0.1, 0.15) is 0 Å². The fourth-order valence-corrected chi connectivity index (χ4v) is 1.63. The van der Waals surface area contributed by atoms with Gasteiger partial charge in [0.15, 0.2) is 5.82 Å². The minimum Gasteiger partial charge on any atom is -0.468 e. The molecular weight excluding hydrogens is 242 g/mol.